The van der Waals surface area contributed by atoms with E-state index >= 15 is 0 Å². The average molecular weight is 274 g/mol. The second-order valence-corrected chi connectivity index (χ2v) is 5.87. The molecular formula is C14H18N4S. The van der Waals surface area contributed by atoms with E-state index in [0.717, 1.165) is 23.8 Å². The second-order valence-electron chi connectivity index (χ2n) is 5.12. The van der Waals surface area contributed by atoms with E-state index in [2.05, 4.69) is 51.0 Å². The highest BCUT2D eigenvalue weighted by Gasteiger charge is 2.22. The van der Waals surface area contributed by atoms with Crippen LogP contribution >= 0.6 is 11.5 Å². The summed E-state index contributed by atoms with van der Waals surface area (Å²) < 4.78 is 4.04. The van der Waals surface area contributed by atoms with Gasteiger partial charge >= 0.3 is 0 Å². The van der Waals surface area contributed by atoms with Crippen molar-refractivity contribution in [1.82, 2.24) is 9.59 Å². The van der Waals surface area contributed by atoms with Gasteiger partial charge in [-0.05, 0) is 24.0 Å². The highest BCUT2D eigenvalue weighted by atomic mass is 32.1. The molecule has 1 aromatic heterocycles. The molecule has 1 aliphatic rings. The van der Waals surface area contributed by atoms with Gasteiger partial charge in [-0.15, -0.1) is 5.10 Å². The first-order chi connectivity index (χ1) is 9.28. The van der Waals surface area contributed by atoms with Gasteiger partial charge in [-0.1, -0.05) is 29.6 Å². The maximum atomic E-state index is 4.24. The lowest BCUT2D eigenvalue weighted by Crippen LogP contribution is -2.34. The Kier molecular flexibility index (Phi) is 3.38. The minimum absolute atomic E-state index is 0.680. The fourth-order valence-corrected chi connectivity index (χ4v) is 3.26. The summed E-state index contributed by atoms with van der Waals surface area (Å²) in [6, 6.07) is 8.68. The van der Waals surface area contributed by atoms with Crippen LogP contribution in [-0.2, 0) is 13.0 Å². The molecule has 3 rings (SSSR count). The Morgan fingerprint density at radius 3 is 3.11 bits per heavy atom. The van der Waals surface area contributed by atoms with Crippen LogP contribution in [0.5, 0.6) is 0 Å². The molecule has 1 atom stereocenters. The molecule has 2 heterocycles. The van der Waals surface area contributed by atoms with Gasteiger partial charge in [0.1, 0.15) is 10.7 Å². The number of para-hydroxylation sites is 1. The quantitative estimate of drug-likeness (QED) is 0.934. The van der Waals surface area contributed by atoms with E-state index in [-0.39, 0.29) is 0 Å². The molecule has 1 unspecified atom stereocenters. The number of hydrogen-bond acceptors (Lipinski definition) is 5. The fraction of sp³-hybridized carbons (Fsp3) is 0.429. The van der Waals surface area contributed by atoms with E-state index < -0.39 is 0 Å². The number of hydrogen-bond donors (Lipinski definition) is 1. The van der Waals surface area contributed by atoms with Crippen molar-refractivity contribution in [3.8, 4) is 0 Å². The van der Waals surface area contributed by atoms with Gasteiger partial charge in [-0.3, -0.25) is 0 Å². The first-order valence-corrected chi connectivity index (χ1v) is 7.37. The van der Waals surface area contributed by atoms with Crippen molar-refractivity contribution in [2.45, 2.75) is 19.9 Å². The first-order valence-electron chi connectivity index (χ1n) is 6.59. The Morgan fingerprint density at radius 2 is 2.26 bits per heavy atom. The highest BCUT2D eigenvalue weighted by Crippen LogP contribution is 2.31. The number of nitrogens with one attached hydrogen (secondary N) is 1. The molecule has 0 spiro atoms. The molecule has 0 saturated carbocycles. The summed E-state index contributed by atoms with van der Waals surface area (Å²) in [6.45, 7) is 4.22. The maximum Gasteiger partial charge on any atom is 0.134 e. The van der Waals surface area contributed by atoms with Crippen LogP contribution in [0.2, 0.25) is 0 Å². The van der Waals surface area contributed by atoms with Gasteiger partial charge in [0.2, 0.25) is 0 Å². The summed E-state index contributed by atoms with van der Waals surface area (Å²) >= 11 is 1.42. The van der Waals surface area contributed by atoms with Gasteiger partial charge in [-0.2, -0.15) is 0 Å². The predicted molar refractivity (Wildman–Crippen MR) is 79.8 cm³/mol. The third-order valence-corrected chi connectivity index (χ3v) is 4.34. The number of aromatic nitrogens is 2. The third-order valence-electron chi connectivity index (χ3n) is 3.56. The average Bonchev–Trinajstić information content (AvgIpc) is 2.86. The van der Waals surface area contributed by atoms with Gasteiger partial charge in [0.25, 0.3) is 0 Å². The number of benzene rings is 1. The van der Waals surface area contributed by atoms with Gasteiger partial charge < -0.3 is 10.2 Å². The van der Waals surface area contributed by atoms with E-state index in [0.29, 0.717) is 5.92 Å². The molecule has 4 nitrogen and oxygen atoms in total. The van der Waals surface area contributed by atoms with Gasteiger partial charge in [-0.25, -0.2) is 0 Å². The molecule has 0 saturated heterocycles. The van der Waals surface area contributed by atoms with Crippen molar-refractivity contribution in [1.29, 1.82) is 0 Å². The van der Waals surface area contributed by atoms with E-state index in [9.17, 15) is 0 Å². The molecular weight excluding hydrogens is 256 g/mol. The zero-order chi connectivity index (χ0) is 13.2. The minimum Gasteiger partial charge on any atom is -0.377 e. The second kappa shape index (κ2) is 5.17. The van der Waals surface area contributed by atoms with Crippen LogP contribution in [0.3, 0.4) is 0 Å². The Labute approximate surface area is 117 Å². The highest BCUT2D eigenvalue weighted by molar-refractivity contribution is 7.10. The van der Waals surface area contributed by atoms with Crippen LogP contribution in [0.4, 0.5) is 10.7 Å². The Balaban J connectivity index is 1.89. The molecule has 1 N–H and O–H groups in total. The lowest BCUT2D eigenvalue weighted by molar-refractivity contribution is 0.528. The van der Waals surface area contributed by atoms with E-state index in [4.69, 9.17) is 0 Å². The maximum absolute atomic E-state index is 4.24. The summed E-state index contributed by atoms with van der Waals surface area (Å²) in [6.07, 6.45) is 1.17. The van der Waals surface area contributed by atoms with E-state index in [1.165, 1.54) is 29.2 Å². The molecule has 1 aliphatic heterocycles. The number of anilines is 2. The lowest BCUT2D eigenvalue weighted by atomic mass is 9.94. The van der Waals surface area contributed by atoms with Gasteiger partial charge in [0.05, 0.1) is 6.54 Å². The van der Waals surface area contributed by atoms with Gasteiger partial charge in [0, 0.05) is 30.8 Å². The monoisotopic (exact) mass is 274 g/mol. The molecule has 0 radical (unpaired) electrons. The van der Waals surface area contributed by atoms with E-state index in [1.54, 1.807) is 0 Å². The van der Waals surface area contributed by atoms with Crippen molar-refractivity contribution in [3.05, 3.63) is 35.5 Å². The summed E-state index contributed by atoms with van der Waals surface area (Å²) in [7, 11) is 1.92. The molecule has 2 aromatic rings. The summed E-state index contributed by atoms with van der Waals surface area (Å²) in [5, 5.41) is 8.48. The molecule has 0 fully saturated rings. The summed E-state index contributed by atoms with van der Waals surface area (Å²) in [5.41, 5.74) is 3.82. The molecule has 5 heteroatoms. The third kappa shape index (κ3) is 2.42. The zero-order valence-corrected chi connectivity index (χ0v) is 12.1. The Bertz CT molecular complexity index is 566. The summed E-state index contributed by atoms with van der Waals surface area (Å²) in [5.74, 6) is 0.680. The number of rotatable bonds is 3. The van der Waals surface area contributed by atoms with Crippen molar-refractivity contribution in [2.24, 2.45) is 5.92 Å². The predicted octanol–water partition coefficient (Wildman–Crippen LogP) is 2.78. The molecule has 0 amide bonds. The van der Waals surface area contributed by atoms with Crippen molar-refractivity contribution >= 4 is 22.2 Å². The standard InChI is InChI=1S/C14H18N4S/c1-10-7-11-5-3-4-6-13(11)18(8-10)9-12-14(15-2)19-17-16-12/h3-6,10,15H,7-9H2,1-2H3. The SMILES string of the molecule is CNc1snnc1CN1CC(C)Cc2ccccc21. The van der Waals surface area contributed by atoms with Crippen molar-refractivity contribution in [3.63, 3.8) is 0 Å². The number of nitrogens with zero attached hydrogens (tertiary/aromatic N) is 3. The molecule has 19 heavy (non-hydrogen) atoms. The lowest BCUT2D eigenvalue weighted by Gasteiger charge is -2.34. The zero-order valence-electron chi connectivity index (χ0n) is 11.3. The van der Waals surface area contributed by atoms with Crippen molar-refractivity contribution in [2.75, 3.05) is 23.8 Å². The Morgan fingerprint density at radius 1 is 1.42 bits per heavy atom. The van der Waals surface area contributed by atoms with E-state index in [1.807, 2.05) is 7.05 Å². The van der Waals surface area contributed by atoms with Crippen molar-refractivity contribution < 1.29 is 0 Å². The molecule has 100 valence electrons. The Hall–Kier alpha value is -1.62. The minimum atomic E-state index is 0.680. The van der Waals surface area contributed by atoms with Crippen LogP contribution < -0.4 is 10.2 Å². The van der Waals surface area contributed by atoms with Crippen LogP contribution in [-0.4, -0.2) is 23.2 Å². The fourth-order valence-electron chi connectivity index (χ4n) is 2.74. The first kappa shape index (κ1) is 12.4. The largest absolute Gasteiger partial charge is 0.377 e. The van der Waals surface area contributed by atoms with Crippen LogP contribution in [0, 0.1) is 5.92 Å². The van der Waals surface area contributed by atoms with Crippen LogP contribution in [0.1, 0.15) is 18.2 Å². The van der Waals surface area contributed by atoms with Crippen LogP contribution in [0.15, 0.2) is 24.3 Å². The normalized spacial score (nSPS) is 18.2. The molecule has 0 bridgehead atoms. The molecule has 0 aliphatic carbocycles. The number of fused-ring (bicyclic) bond motifs is 1. The van der Waals surface area contributed by atoms with Gasteiger partial charge in [0.15, 0.2) is 0 Å². The summed E-state index contributed by atoms with van der Waals surface area (Å²) in [4.78, 5) is 2.42. The topological polar surface area (TPSA) is 41.1 Å². The smallest absolute Gasteiger partial charge is 0.134 e. The molecule has 1 aromatic carbocycles. The van der Waals surface area contributed by atoms with Crippen LogP contribution in [0.25, 0.3) is 0 Å².